The molecule has 3 rings (SSSR count). The van der Waals surface area contributed by atoms with Crippen molar-refractivity contribution in [3.63, 3.8) is 0 Å². The van der Waals surface area contributed by atoms with Gasteiger partial charge in [0, 0.05) is 17.3 Å². The second kappa shape index (κ2) is 7.36. The summed E-state index contributed by atoms with van der Waals surface area (Å²) in [6, 6.07) is 12.3. The van der Waals surface area contributed by atoms with Gasteiger partial charge in [0.2, 0.25) is 0 Å². The first-order valence-corrected chi connectivity index (χ1v) is 8.08. The molecule has 0 unspecified atom stereocenters. The first-order valence-electron chi connectivity index (χ1n) is 7.70. The highest BCUT2D eigenvalue weighted by Gasteiger charge is 2.31. The summed E-state index contributed by atoms with van der Waals surface area (Å²) in [6.45, 7) is 0. The van der Waals surface area contributed by atoms with E-state index in [1.165, 1.54) is 19.2 Å². The summed E-state index contributed by atoms with van der Waals surface area (Å²) in [6.07, 6.45) is -4.52. The minimum atomic E-state index is -4.52. The molecular weight excluding hydrogens is 383 g/mol. The Bertz CT molecular complexity index is 982. The van der Waals surface area contributed by atoms with E-state index >= 15 is 0 Å². The maximum absolute atomic E-state index is 12.9. The fourth-order valence-corrected chi connectivity index (χ4v) is 2.60. The third-order valence-corrected chi connectivity index (χ3v) is 4.05. The number of furan rings is 1. The number of amides is 1. The van der Waals surface area contributed by atoms with Crippen molar-refractivity contribution in [3.05, 3.63) is 70.9 Å². The molecule has 0 aliphatic rings. The van der Waals surface area contributed by atoms with E-state index in [0.717, 1.165) is 18.2 Å². The molecule has 0 aliphatic heterocycles. The molecule has 0 saturated carbocycles. The van der Waals surface area contributed by atoms with Gasteiger partial charge in [0.1, 0.15) is 11.5 Å². The third kappa shape index (κ3) is 4.25. The Hall–Kier alpha value is -2.93. The summed E-state index contributed by atoms with van der Waals surface area (Å²) >= 11 is 5.99. The van der Waals surface area contributed by atoms with E-state index < -0.39 is 17.6 Å². The fraction of sp³-hybridized carbons (Fsp3) is 0.105. The van der Waals surface area contributed by atoms with Crippen molar-refractivity contribution < 1.29 is 27.1 Å². The van der Waals surface area contributed by atoms with Gasteiger partial charge in [0.25, 0.3) is 5.91 Å². The van der Waals surface area contributed by atoms with Crippen molar-refractivity contribution in [2.24, 2.45) is 0 Å². The summed E-state index contributed by atoms with van der Waals surface area (Å²) in [5, 5.41) is 2.70. The van der Waals surface area contributed by atoms with Crippen LogP contribution in [0, 0.1) is 0 Å². The molecule has 3 aromatic rings. The van der Waals surface area contributed by atoms with Gasteiger partial charge >= 0.3 is 6.18 Å². The van der Waals surface area contributed by atoms with Gasteiger partial charge in [-0.05, 0) is 42.5 Å². The van der Waals surface area contributed by atoms with E-state index in [1.54, 1.807) is 24.3 Å². The summed E-state index contributed by atoms with van der Waals surface area (Å²) in [4.78, 5) is 12.3. The van der Waals surface area contributed by atoms with E-state index in [-0.39, 0.29) is 22.1 Å². The lowest BCUT2D eigenvalue weighted by Gasteiger charge is -2.09. The monoisotopic (exact) mass is 395 g/mol. The predicted octanol–water partition coefficient (Wildman–Crippen LogP) is 5.88. The van der Waals surface area contributed by atoms with E-state index in [2.05, 4.69) is 5.32 Å². The Labute approximate surface area is 157 Å². The van der Waals surface area contributed by atoms with Crippen LogP contribution in [-0.2, 0) is 6.18 Å². The van der Waals surface area contributed by atoms with Crippen molar-refractivity contribution in [1.82, 2.24) is 0 Å². The quantitative estimate of drug-likeness (QED) is 0.600. The third-order valence-electron chi connectivity index (χ3n) is 3.72. The molecular formula is C19H13ClF3NO3. The normalized spacial score (nSPS) is 11.3. The van der Waals surface area contributed by atoms with Gasteiger partial charge in [-0.1, -0.05) is 17.7 Å². The SMILES string of the molecule is COc1cccc(NC(=O)c2ccc(-c3cc(C(F)(F)F)ccc3Cl)o2)c1. The highest BCUT2D eigenvalue weighted by atomic mass is 35.5. The number of hydrogen-bond acceptors (Lipinski definition) is 3. The Morgan fingerprint density at radius 2 is 1.89 bits per heavy atom. The molecule has 0 radical (unpaired) electrons. The minimum Gasteiger partial charge on any atom is -0.497 e. The molecule has 2 aromatic carbocycles. The van der Waals surface area contributed by atoms with E-state index in [1.807, 2.05) is 0 Å². The molecule has 0 saturated heterocycles. The highest BCUT2D eigenvalue weighted by molar-refractivity contribution is 6.33. The molecule has 1 N–H and O–H groups in total. The van der Waals surface area contributed by atoms with Crippen LogP contribution < -0.4 is 10.1 Å². The molecule has 140 valence electrons. The van der Waals surface area contributed by atoms with Crippen LogP contribution in [0.2, 0.25) is 5.02 Å². The molecule has 0 spiro atoms. The van der Waals surface area contributed by atoms with Crippen LogP contribution in [0.3, 0.4) is 0 Å². The molecule has 1 aromatic heterocycles. The lowest BCUT2D eigenvalue weighted by Crippen LogP contribution is -2.10. The molecule has 27 heavy (non-hydrogen) atoms. The van der Waals surface area contributed by atoms with Gasteiger partial charge < -0.3 is 14.5 Å². The summed E-state index contributed by atoms with van der Waals surface area (Å²) in [7, 11) is 1.50. The maximum atomic E-state index is 12.9. The predicted molar refractivity (Wildman–Crippen MR) is 95.1 cm³/mol. The number of anilines is 1. The number of hydrogen-bond donors (Lipinski definition) is 1. The molecule has 1 heterocycles. The molecule has 1 amide bonds. The van der Waals surface area contributed by atoms with Crippen molar-refractivity contribution in [2.45, 2.75) is 6.18 Å². The smallest absolute Gasteiger partial charge is 0.416 e. The highest BCUT2D eigenvalue weighted by Crippen LogP contribution is 2.36. The molecule has 0 atom stereocenters. The number of benzene rings is 2. The van der Waals surface area contributed by atoms with Crippen molar-refractivity contribution in [3.8, 4) is 17.1 Å². The Morgan fingerprint density at radius 1 is 1.11 bits per heavy atom. The lowest BCUT2D eigenvalue weighted by atomic mass is 10.1. The van der Waals surface area contributed by atoms with Gasteiger partial charge in [-0.15, -0.1) is 0 Å². The lowest BCUT2D eigenvalue weighted by molar-refractivity contribution is -0.137. The summed E-state index contributed by atoms with van der Waals surface area (Å²) < 4.78 is 49.2. The number of carbonyl (C=O) groups excluding carboxylic acids is 1. The van der Waals surface area contributed by atoms with E-state index in [0.29, 0.717) is 11.4 Å². The zero-order valence-electron chi connectivity index (χ0n) is 13.9. The van der Waals surface area contributed by atoms with Crippen LogP contribution in [0.4, 0.5) is 18.9 Å². The number of carbonyl (C=O) groups is 1. The standard InChI is InChI=1S/C19H13ClF3NO3/c1-26-13-4-2-3-12(10-13)24-18(25)17-8-7-16(27-17)14-9-11(19(21,22)23)5-6-15(14)20/h2-10H,1H3,(H,24,25). The molecule has 0 aliphatic carbocycles. The number of ether oxygens (including phenoxy) is 1. The van der Waals surface area contributed by atoms with Crippen molar-refractivity contribution >= 4 is 23.2 Å². The van der Waals surface area contributed by atoms with Crippen molar-refractivity contribution in [1.29, 1.82) is 0 Å². The molecule has 0 fully saturated rings. The number of methoxy groups -OCH3 is 1. The molecule has 4 nitrogen and oxygen atoms in total. The Kier molecular flexibility index (Phi) is 5.14. The number of alkyl halides is 3. The van der Waals surface area contributed by atoms with Crippen LogP contribution in [0.5, 0.6) is 5.75 Å². The maximum Gasteiger partial charge on any atom is 0.416 e. The largest absolute Gasteiger partial charge is 0.497 e. The van der Waals surface area contributed by atoms with Gasteiger partial charge in [0.05, 0.1) is 17.7 Å². The second-order valence-corrected chi connectivity index (χ2v) is 5.95. The van der Waals surface area contributed by atoms with Crippen LogP contribution in [-0.4, -0.2) is 13.0 Å². The number of nitrogens with one attached hydrogen (secondary N) is 1. The van der Waals surface area contributed by atoms with Gasteiger partial charge in [-0.2, -0.15) is 13.2 Å². The average Bonchev–Trinajstić information content (AvgIpc) is 3.11. The Balaban J connectivity index is 1.85. The molecule has 8 heteroatoms. The second-order valence-electron chi connectivity index (χ2n) is 5.54. The van der Waals surface area contributed by atoms with Gasteiger partial charge in [0.15, 0.2) is 5.76 Å². The average molecular weight is 396 g/mol. The van der Waals surface area contributed by atoms with Crippen LogP contribution in [0.15, 0.2) is 59.0 Å². The fourth-order valence-electron chi connectivity index (χ4n) is 2.39. The van der Waals surface area contributed by atoms with Crippen LogP contribution in [0.25, 0.3) is 11.3 Å². The molecule has 0 bridgehead atoms. The number of halogens is 4. The van der Waals surface area contributed by atoms with Crippen LogP contribution >= 0.6 is 11.6 Å². The first kappa shape index (κ1) is 18.8. The van der Waals surface area contributed by atoms with Gasteiger partial charge in [-0.25, -0.2) is 0 Å². The number of rotatable bonds is 4. The van der Waals surface area contributed by atoms with Crippen molar-refractivity contribution in [2.75, 3.05) is 12.4 Å². The van der Waals surface area contributed by atoms with Gasteiger partial charge in [-0.3, -0.25) is 4.79 Å². The zero-order chi connectivity index (χ0) is 19.6. The summed E-state index contributed by atoms with van der Waals surface area (Å²) in [5.41, 5.74) is -0.331. The zero-order valence-corrected chi connectivity index (χ0v) is 14.7. The summed E-state index contributed by atoms with van der Waals surface area (Å²) in [5.74, 6) is -0.00975. The minimum absolute atomic E-state index is 0.0481. The van der Waals surface area contributed by atoms with E-state index in [4.69, 9.17) is 20.8 Å². The van der Waals surface area contributed by atoms with E-state index in [9.17, 15) is 18.0 Å². The van der Waals surface area contributed by atoms with Crippen LogP contribution in [0.1, 0.15) is 16.1 Å². The first-order chi connectivity index (χ1) is 12.8. The topological polar surface area (TPSA) is 51.5 Å². The Morgan fingerprint density at radius 3 is 2.59 bits per heavy atom.